The lowest BCUT2D eigenvalue weighted by molar-refractivity contribution is -0.141. The van der Waals surface area contributed by atoms with Gasteiger partial charge >= 0.3 is 29.0 Å². The summed E-state index contributed by atoms with van der Waals surface area (Å²) < 4.78 is 10.1. The van der Waals surface area contributed by atoms with Crippen LogP contribution in [0, 0.1) is 0 Å². The van der Waals surface area contributed by atoms with Crippen molar-refractivity contribution in [1.82, 2.24) is 13.7 Å². The van der Waals surface area contributed by atoms with Crippen molar-refractivity contribution < 1.29 is 19.1 Å². The molecule has 0 aliphatic carbocycles. The summed E-state index contributed by atoms with van der Waals surface area (Å²) in [5, 5.41) is 0. The number of esters is 2. The number of hydrogen-bond acceptors (Lipinski definition) is 7. The van der Waals surface area contributed by atoms with E-state index < -0.39 is 42.1 Å². The molecule has 1 aromatic heterocycles. The first kappa shape index (κ1) is 16.9. The second-order valence-electron chi connectivity index (χ2n) is 3.88. The van der Waals surface area contributed by atoms with Crippen molar-refractivity contribution in [1.29, 1.82) is 0 Å². The Morgan fingerprint density at radius 1 is 1.00 bits per heavy atom. The molecule has 0 unspecified atom stereocenters. The van der Waals surface area contributed by atoms with Crippen molar-refractivity contribution in [2.45, 2.75) is 13.1 Å². The van der Waals surface area contributed by atoms with E-state index in [0.717, 1.165) is 20.4 Å². The monoisotopic (exact) mass is 311 g/mol. The summed E-state index contributed by atoms with van der Waals surface area (Å²) in [6, 6.07) is 0. The number of aromatic nitrogens is 3. The number of ether oxygens (including phenoxy) is 2. The van der Waals surface area contributed by atoms with Crippen molar-refractivity contribution >= 4 is 18.1 Å². The van der Waals surface area contributed by atoms with E-state index in [1.807, 2.05) is 0 Å². The molecule has 1 aromatic rings. The molecule has 0 saturated carbocycles. The van der Waals surface area contributed by atoms with Gasteiger partial charge in [-0.1, -0.05) is 6.58 Å². The van der Waals surface area contributed by atoms with Gasteiger partial charge in [0, 0.05) is 0 Å². The van der Waals surface area contributed by atoms with Gasteiger partial charge in [0.15, 0.2) is 0 Å². The molecular weight excluding hydrogens is 298 g/mol. The van der Waals surface area contributed by atoms with Crippen molar-refractivity contribution in [3.8, 4) is 0 Å². The van der Waals surface area contributed by atoms with Gasteiger partial charge in [-0.25, -0.2) is 28.1 Å². The Kier molecular flexibility index (Phi) is 5.42. The molecule has 10 heteroatoms. The highest BCUT2D eigenvalue weighted by Gasteiger charge is 2.18. The zero-order valence-electron chi connectivity index (χ0n) is 11.9. The first-order valence-electron chi connectivity index (χ1n) is 5.83. The van der Waals surface area contributed by atoms with Crippen molar-refractivity contribution in [2.24, 2.45) is 0 Å². The molecule has 0 fully saturated rings. The van der Waals surface area contributed by atoms with Crippen molar-refractivity contribution in [3.05, 3.63) is 43.8 Å². The molecule has 0 atom stereocenters. The Balaban J connectivity index is 3.71. The third-order valence-electron chi connectivity index (χ3n) is 2.59. The van der Waals surface area contributed by atoms with Crippen LogP contribution in [0.2, 0.25) is 0 Å². The molecule has 0 radical (unpaired) electrons. The van der Waals surface area contributed by atoms with E-state index in [9.17, 15) is 24.0 Å². The van der Waals surface area contributed by atoms with Gasteiger partial charge in [-0.2, -0.15) is 0 Å². The molecule has 0 spiro atoms. The van der Waals surface area contributed by atoms with Gasteiger partial charge in [0.25, 0.3) is 0 Å². The average Bonchev–Trinajstić information content (AvgIpc) is 2.51. The topological polar surface area (TPSA) is 119 Å². The van der Waals surface area contributed by atoms with Crippen LogP contribution in [0.15, 0.2) is 26.7 Å². The molecule has 22 heavy (non-hydrogen) atoms. The fourth-order valence-electron chi connectivity index (χ4n) is 1.51. The Morgan fingerprint density at radius 2 is 1.41 bits per heavy atom. The molecule has 0 bridgehead atoms. The largest absolute Gasteiger partial charge is 0.468 e. The fourth-order valence-corrected chi connectivity index (χ4v) is 1.51. The Labute approximate surface area is 123 Å². The SMILES string of the molecule is C=C=Cn1c(=O)n(CC(=O)OC)c(=O)n(CC(=O)OC)c1=O. The van der Waals surface area contributed by atoms with Crippen LogP contribution in [0.4, 0.5) is 0 Å². The first-order valence-corrected chi connectivity index (χ1v) is 5.83. The van der Waals surface area contributed by atoms with Crippen LogP contribution in [0.5, 0.6) is 0 Å². The third-order valence-corrected chi connectivity index (χ3v) is 2.59. The van der Waals surface area contributed by atoms with Gasteiger partial charge in [-0.3, -0.25) is 9.59 Å². The number of hydrogen-bond donors (Lipinski definition) is 0. The lowest BCUT2D eigenvalue weighted by atomic mass is 10.6. The van der Waals surface area contributed by atoms with Gasteiger partial charge in [0.05, 0.1) is 20.4 Å². The van der Waals surface area contributed by atoms with E-state index in [-0.39, 0.29) is 0 Å². The Bertz CT molecular complexity index is 764. The van der Waals surface area contributed by atoms with Gasteiger partial charge in [0.2, 0.25) is 0 Å². The summed E-state index contributed by atoms with van der Waals surface area (Å²) in [6.07, 6.45) is 0.881. The minimum Gasteiger partial charge on any atom is -0.468 e. The zero-order chi connectivity index (χ0) is 16.9. The molecular formula is C12H13N3O7. The number of rotatable bonds is 5. The number of carbonyl (C=O) groups excluding carboxylic acids is 2. The van der Waals surface area contributed by atoms with Crippen LogP contribution in [0.1, 0.15) is 0 Å². The minimum absolute atomic E-state index is 0.448. The van der Waals surface area contributed by atoms with Crippen LogP contribution >= 0.6 is 0 Å². The number of nitrogens with zero attached hydrogens (tertiary/aromatic N) is 3. The Morgan fingerprint density at radius 3 is 1.73 bits per heavy atom. The lowest BCUT2D eigenvalue weighted by Gasteiger charge is -2.10. The Hall–Kier alpha value is -3.13. The van der Waals surface area contributed by atoms with Crippen LogP contribution in [0.3, 0.4) is 0 Å². The fraction of sp³-hybridized carbons (Fsp3) is 0.333. The van der Waals surface area contributed by atoms with Crippen molar-refractivity contribution in [2.75, 3.05) is 14.2 Å². The van der Waals surface area contributed by atoms with Gasteiger partial charge in [-0.05, 0) is 0 Å². The summed E-state index contributed by atoms with van der Waals surface area (Å²) >= 11 is 0. The van der Waals surface area contributed by atoms with Crippen LogP contribution in [-0.2, 0) is 32.2 Å². The summed E-state index contributed by atoms with van der Waals surface area (Å²) in [5.74, 6) is -1.76. The highest BCUT2D eigenvalue weighted by molar-refractivity contribution is 5.69. The second-order valence-corrected chi connectivity index (χ2v) is 3.88. The van der Waals surface area contributed by atoms with Gasteiger partial charge < -0.3 is 9.47 Å². The summed E-state index contributed by atoms with van der Waals surface area (Å²) in [5.41, 5.74) is -1.11. The molecule has 0 aromatic carbocycles. The summed E-state index contributed by atoms with van der Waals surface area (Å²) in [7, 11) is 2.14. The smallest absolute Gasteiger partial charge is 0.341 e. The molecule has 118 valence electrons. The zero-order valence-corrected chi connectivity index (χ0v) is 11.9. The van der Waals surface area contributed by atoms with E-state index in [0.29, 0.717) is 13.7 Å². The summed E-state index contributed by atoms with van der Waals surface area (Å²) in [4.78, 5) is 58.8. The number of methoxy groups -OCH3 is 2. The quantitative estimate of drug-likeness (QED) is 0.446. The van der Waals surface area contributed by atoms with Crippen molar-refractivity contribution in [3.63, 3.8) is 0 Å². The van der Waals surface area contributed by atoms with Crippen LogP contribution < -0.4 is 17.1 Å². The normalized spacial score (nSPS) is 9.73. The van der Waals surface area contributed by atoms with E-state index in [1.54, 1.807) is 0 Å². The van der Waals surface area contributed by atoms with Crippen LogP contribution in [-0.4, -0.2) is 39.9 Å². The maximum Gasteiger partial charge on any atom is 0.341 e. The van der Waals surface area contributed by atoms with E-state index in [1.165, 1.54) is 0 Å². The molecule has 1 rings (SSSR count). The standard InChI is InChI=1S/C12H13N3O7/c1-4-5-13-10(18)14(6-8(16)21-2)12(20)15(11(13)19)7-9(17)22-3/h5H,1,6-7H2,2-3H3. The summed E-state index contributed by atoms with van der Waals surface area (Å²) in [6.45, 7) is 1.77. The molecule has 1 heterocycles. The predicted octanol–water partition coefficient (Wildman–Crippen LogP) is -2.23. The van der Waals surface area contributed by atoms with Crippen LogP contribution in [0.25, 0.3) is 6.20 Å². The molecule has 0 aliphatic heterocycles. The minimum atomic E-state index is -1.14. The highest BCUT2D eigenvalue weighted by Crippen LogP contribution is 1.82. The molecule has 0 aliphatic rings. The van der Waals surface area contributed by atoms with E-state index >= 15 is 0 Å². The highest BCUT2D eigenvalue weighted by atomic mass is 16.5. The van der Waals surface area contributed by atoms with Gasteiger partial charge in [-0.15, -0.1) is 5.73 Å². The lowest BCUT2D eigenvalue weighted by Crippen LogP contribution is -2.54. The molecule has 0 saturated heterocycles. The predicted molar refractivity (Wildman–Crippen MR) is 73.2 cm³/mol. The second kappa shape index (κ2) is 7.04. The third kappa shape index (κ3) is 3.30. The van der Waals surface area contributed by atoms with E-state index in [2.05, 4.69) is 21.8 Å². The maximum absolute atomic E-state index is 12.1. The molecule has 0 N–H and O–H groups in total. The first-order chi connectivity index (χ1) is 10.4. The maximum atomic E-state index is 12.1. The molecule has 10 nitrogen and oxygen atoms in total. The van der Waals surface area contributed by atoms with Gasteiger partial charge in [0.1, 0.15) is 13.1 Å². The number of carbonyl (C=O) groups is 2. The molecule has 0 amide bonds. The van der Waals surface area contributed by atoms with E-state index in [4.69, 9.17) is 0 Å². The average molecular weight is 311 g/mol.